The van der Waals surface area contributed by atoms with Crippen molar-refractivity contribution in [1.82, 2.24) is 9.80 Å². The van der Waals surface area contributed by atoms with Gasteiger partial charge >= 0.3 is 0 Å². The van der Waals surface area contributed by atoms with Crippen LogP contribution in [0.2, 0.25) is 0 Å². The van der Waals surface area contributed by atoms with Crippen LogP contribution in [-0.2, 0) is 4.79 Å². The van der Waals surface area contributed by atoms with Gasteiger partial charge in [0.05, 0.1) is 6.10 Å². The van der Waals surface area contributed by atoms with E-state index in [-0.39, 0.29) is 24.0 Å². The molecule has 3 atom stereocenters. The van der Waals surface area contributed by atoms with Gasteiger partial charge in [0.2, 0.25) is 5.91 Å². The van der Waals surface area contributed by atoms with Crippen LogP contribution in [0.15, 0.2) is 0 Å². The van der Waals surface area contributed by atoms with Crippen LogP contribution in [0.1, 0.15) is 13.3 Å². The Morgan fingerprint density at radius 2 is 2.25 bits per heavy atom. The topological polar surface area (TPSA) is 69.8 Å². The third kappa shape index (κ3) is 3.17. The maximum absolute atomic E-state index is 12.0. The van der Waals surface area contributed by atoms with Crippen molar-refractivity contribution >= 4 is 5.91 Å². The monoisotopic (exact) mass is 229 g/mol. The highest BCUT2D eigenvalue weighted by molar-refractivity contribution is 5.79. The first-order valence-electron chi connectivity index (χ1n) is 5.79. The van der Waals surface area contributed by atoms with Crippen molar-refractivity contribution in [3.8, 4) is 0 Å². The largest absolute Gasteiger partial charge is 0.391 e. The first-order valence-corrected chi connectivity index (χ1v) is 5.79. The van der Waals surface area contributed by atoms with Gasteiger partial charge in [0.25, 0.3) is 0 Å². The number of nitrogens with zero attached hydrogens (tertiary/aromatic N) is 2. The maximum Gasteiger partial charge on any atom is 0.227 e. The normalized spacial score (nSPS) is 27.5. The number of β-amino-alcohol motifs (C(OH)–C–C–N with tert-alkyl or cyclic N) is 1. The van der Waals surface area contributed by atoms with Gasteiger partial charge in [-0.2, -0.15) is 0 Å². The number of aliphatic hydroxyl groups is 1. The zero-order valence-electron chi connectivity index (χ0n) is 10.4. The number of carbonyl (C=O) groups excluding carboxylic acids is 1. The minimum absolute atomic E-state index is 0.0610. The Labute approximate surface area is 97.2 Å². The van der Waals surface area contributed by atoms with Gasteiger partial charge in [0.15, 0.2) is 0 Å². The number of hydrogen-bond acceptors (Lipinski definition) is 4. The second kappa shape index (κ2) is 5.61. The Morgan fingerprint density at radius 3 is 2.75 bits per heavy atom. The van der Waals surface area contributed by atoms with E-state index in [1.54, 1.807) is 4.90 Å². The molecule has 1 heterocycles. The van der Waals surface area contributed by atoms with Crippen molar-refractivity contribution in [2.24, 2.45) is 11.7 Å². The molecule has 0 aliphatic carbocycles. The molecule has 1 fully saturated rings. The lowest BCUT2D eigenvalue weighted by molar-refractivity contribution is -0.136. The fourth-order valence-corrected chi connectivity index (χ4v) is 2.14. The van der Waals surface area contributed by atoms with E-state index in [4.69, 9.17) is 5.73 Å². The number of nitrogens with two attached hydrogens (primary N) is 1. The molecule has 0 spiro atoms. The molecular weight excluding hydrogens is 206 g/mol. The summed E-state index contributed by atoms with van der Waals surface area (Å²) >= 11 is 0. The van der Waals surface area contributed by atoms with Gasteiger partial charge in [-0.3, -0.25) is 4.79 Å². The van der Waals surface area contributed by atoms with E-state index in [1.807, 2.05) is 25.9 Å². The lowest BCUT2D eigenvalue weighted by Crippen LogP contribution is -2.45. The van der Waals surface area contributed by atoms with Crippen LogP contribution < -0.4 is 5.73 Å². The Morgan fingerprint density at radius 1 is 1.62 bits per heavy atom. The van der Waals surface area contributed by atoms with Crippen LogP contribution in [0.5, 0.6) is 0 Å². The van der Waals surface area contributed by atoms with E-state index >= 15 is 0 Å². The molecule has 0 aromatic rings. The highest BCUT2D eigenvalue weighted by atomic mass is 16.3. The van der Waals surface area contributed by atoms with Crippen molar-refractivity contribution in [1.29, 1.82) is 0 Å². The summed E-state index contributed by atoms with van der Waals surface area (Å²) in [5.74, 6) is -0.0964. The average Bonchev–Trinajstić information content (AvgIpc) is 2.56. The molecule has 5 nitrogen and oxygen atoms in total. The minimum atomic E-state index is -0.390. The van der Waals surface area contributed by atoms with E-state index in [2.05, 4.69) is 0 Å². The average molecular weight is 229 g/mol. The molecule has 0 radical (unpaired) electrons. The SMILES string of the molecule is CC(CN)C(=O)N1CC(O)CC1CN(C)C. The van der Waals surface area contributed by atoms with Gasteiger partial charge in [-0.1, -0.05) is 6.92 Å². The van der Waals surface area contributed by atoms with Crippen LogP contribution in [0.4, 0.5) is 0 Å². The molecule has 3 unspecified atom stereocenters. The molecular formula is C11H23N3O2. The summed E-state index contributed by atoms with van der Waals surface area (Å²) in [5, 5.41) is 9.64. The van der Waals surface area contributed by atoms with Gasteiger partial charge in [-0.05, 0) is 20.5 Å². The molecule has 16 heavy (non-hydrogen) atoms. The van der Waals surface area contributed by atoms with E-state index in [0.717, 1.165) is 6.54 Å². The van der Waals surface area contributed by atoms with E-state index in [1.165, 1.54) is 0 Å². The third-order valence-corrected chi connectivity index (χ3v) is 3.03. The molecule has 0 saturated carbocycles. The Bertz CT molecular complexity index is 245. The van der Waals surface area contributed by atoms with Crippen molar-refractivity contribution < 1.29 is 9.90 Å². The predicted molar refractivity (Wildman–Crippen MR) is 62.9 cm³/mol. The summed E-state index contributed by atoms with van der Waals surface area (Å²) in [7, 11) is 3.94. The van der Waals surface area contributed by atoms with Crippen LogP contribution in [-0.4, -0.2) is 66.7 Å². The van der Waals surface area contributed by atoms with Gasteiger partial charge in [-0.25, -0.2) is 0 Å². The second-order valence-corrected chi connectivity index (χ2v) is 4.93. The van der Waals surface area contributed by atoms with Gasteiger partial charge in [0.1, 0.15) is 0 Å². The lowest BCUT2D eigenvalue weighted by atomic mass is 10.1. The molecule has 1 rings (SSSR count). The summed E-state index contributed by atoms with van der Waals surface area (Å²) in [6.07, 6.45) is 0.278. The zero-order valence-corrected chi connectivity index (χ0v) is 10.4. The van der Waals surface area contributed by atoms with Crippen LogP contribution in [0.3, 0.4) is 0 Å². The summed E-state index contributed by atoms with van der Waals surface area (Å²) in [6.45, 7) is 3.43. The molecule has 1 saturated heterocycles. The fourth-order valence-electron chi connectivity index (χ4n) is 2.14. The first kappa shape index (κ1) is 13.4. The summed E-state index contributed by atoms with van der Waals surface area (Å²) < 4.78 is 0. The molecule has 3 N–H and O–H groups in total. The molecule has 0 aromatic carbocycles. The smallest absolute Gasteiger partial charge is 0.227 e. The Hall–Kier alpha value is -0.650. The molecule has 1 aliphatic heterocycles. The zero-order chi connectivity index (χ0) is 12.3. The van der Waals surface area contributed by atoms with Crippen molar-refractivity contribution in [3.05, 3.63) is 0 Å². The molecule has 1 amide bonds. The first-order chi connectivity index (χ1) is 7.45. The van der Waals surface area contributed by atoms with Gasteiger partial charge < -0.3 is 20.6 Å². The number of hydrogen-bond donors (Lipinski definition) is 2. The molecule has 5 heteroatoms. The van der Waals surface area contributed by atoms with Crippen molar-refractivity contribution in [3.63, 3.8) is 0 Å². The molecule has 94 valence electrons. The van der Waals surface area contributed by atoms with Crippen molar-refractivity contribution in [2.75, 3.05) is 33.7 Å². The molecule has 0 aromatic heterocycles. The summed E-state index contributed by atoms with van der Waals surface area (Å²) in [5.41, 5.74) is 5.50. The fraction of sp³-hybridized carbons (Fsp3) is 0.909. The van der Waals surface area contributed by atoms with Crippen LogP contribution in [0.25, 0.3) is 0 Å². The number of aliphatic hydroxyl groups excluding tert-OH is 1. The lowest BCUT2D eigenvalue weighted by Gasteiger charge is -2.28. The number of likely N-dealkylation sites (N-methyl/N-ethyl adjacent to an activating group) is 1. The number of likely N-dealkylation sites (tertiary alicyclic amines) is 1. The van der Waals surface area contributed by atoms with Gasteiger partial charge in [0, 0.05) is 31.6 Å². The van der Waals surface area contributed by atoms with E-state index in [9.17, 15) is 9.90 Å². The quantitative estimate of drug-likeness (QED) is 0.656. The Kier molecular flexibility index (Phi) is 4.70. The summed E-state index contributed by atoms with van der Waals surface area (Å²) in [6, 6.07) is 0.117. The standard InChI is InChI=1S/C11H23N3O2/c1-8(5-12)11(16)14-7-10(15)4-9(14)6-13(2)3/h8-10,15H,4-7,12H2,1-3H3. The van der Waals surface area contributed by atoms with E-state index in [0.29, 0.717) is 19.5 Å². The number of rotatable bonds is 4. The number of carbonyl (C=O) groups is 1. The van der Waals surface area contributed by atoms with E-state index < -0.39 is 0 Å². The maximum atomic E-state index is 12.0. The van der Waals surface area contributed by atoms with Crippen LogP contribution in [0, 0.1) is 5.92 Å². The Balaban J connectivity index is 2.65. The van der Waals surface area contributed by atoms with Gasteiger partial charge in [-0.15, -0.1) is 0 Å². The minimum Gasteiger partial charge on any atom is -0.391 e. The third-order valence-electron chi connectivity index (χ3n) is 3.03. The number of amides is 1. The highest BCUT2D eigenvalue weighted by Gasteiger charge is 2.35. The molecule has 1 aliphatic rings. The predicted octanol–water partition coefficient (Wildman–Crippen LogP) is -0.895. The van der Waals surface area contributed by atoms with Crippen LogP contribution >= 0.6 is 0 Å². The second-order valence-electron chi connectivity index (χ2n) is 4.93. The molecule has 0 bridgehead atoms. The summed E-state index contributed by atoms with van der Waals surface area (Å²) in [4.78, 5) is 15.8. The van der Waals surface area contributed by atoms with Crippen molar-refractivity contribution in [2.45, 2.75) is 25.5 Å². The highest BCUT2D eigenvalue weighted by Crippen LogP contribution is 2.20.